The molecule has 4 N–H and O–H groups in total. The molecule has 0 fully saturated rings. The predicted octanol–water partition coefficient (Wildman–Crippen LogP) is 2.82. The van der Waals surface area contributed by atoms with Crippen molar-refractivity contribution in [3.63, 3.8) is 0 Å². The molecule has 2 amide bonds. The third kappa shape index (κ3) is 6.95. The molecule has 1 unspecified atom stereocenters. The van der Waals surface area contributed by atoms with Gasteiger partial charge in [0.1, 0.15) is 0 Å². The number of rotatable bonds is 7. The molecule has 0 radical (unpaired) electrons. The Balaban J connectivity index is 0.00000312. The third-order valence-corrected chi connectivity index (χ3v) is 3.70. The Bertz CT molecular complexity index is 692. The van der Waals surface area contributed by atoms with Gasteiger partial charge in [0.25, 0.3) is 0 Å². The Hall–Kier alpha value is -2.37. The maximum absolute atomic E-state index is 11.9. The van der Waals surface area contributed by atoms with Gasteiger partial charge in [-0.3, -0.25) is 9.59 Å². The summed E-state index contributed by atoms with van der Waals surface area (Å²) in [5.74, 6) is -0.506. The quantitative estimate of drug-likeness (QED) is 0.709. The number of anilines is 1. The number of carbonyl (C=O) groups excluding carboxylic acids is 2. The van der Waals surface area contributed by atoms with Crippen LogP contribution in [0.4, 0.5) is 5.69 Å². The van der Waals surface area contributed by atoms with Crippen LogP contribution in [-0.2, 0) is 16.0 Å². The summed E-state index contributed by atoms with van der Waals surface area (Å²) in [7, 11) is 0. The van der Waals surface area contributed by atoms with E-state index in [1.165, 1.54) is 0 Å². The summed E-state index contributed by atoms with van der Waals surface area (Å²) in [4.78, 5) is 23.8. The number of amides is 2. The van der Waals surface area contributed by atoms with E-state index in [9.17, 15) is 9.59 Å². The van der Waals surface area contributed by atoms with Crippen molar-refractivity contribution in [2.75, 3.05) is 11.9 Å². The number of halogens is 1. The number of aryl methyl sites for hydroxylation is 1. The molecular formula is C19H24ClN3O2. The zero-order chi connectivity index (χ0) is 17.4. The SMILES string of the molecule is CCc1cccc(NC(=O)CNC(=O)CC(N)c2ccccc2)c1.Cl. The van der Waals surface area contributed by atoms with Crippen molar-refractivity contribution in [3.05, 3.63) is 65.7 Å². The van der Waals surface area contributed by atoms with Crippen molar-refractivity contribution in [1.29, 1.82) is 0 Å². The monoisotopic (exact) mass is 361 g/mol. The van der Waals surface area contributed by atoms with Gasteiger partial charge in [0, 0.05) is 18.2 Å². The number of carbonyl (C=O) groups is 2. The molecule has 2 aromatic carbocycles. The summed E-state index contributed by atoms with van der Waals surface area (Å²) in [6.45, 7) is 1.98. The molecule has 0 saturated carbocycles. The van der Waals surface area contributed by atoms with E-state index < -0.39 is 0 Å². The zero-order valence-corrected chi connectivity index (χ0v) is 15.0. The van der Waals surface area contributed by atoms with Crippen LogP contribution in [0.15, 0.2) is 54.6 Å². The van der Waals surface area contributed by atoms with Crippen LogP contribution in [0.1, 0.15) is 30.5 Å². The van der Waals surface area contributed by atoms with Gasteiger partial charge < -0.3 is 16.4 Å². The molecule has 134 valence electrons. The fourth-order valence-electron chi connectivity index (χ4n) is 2.34. The van der Waals surface area contributed by atoms with Crippen molar-refractivity contribution in [1.82, 2.24) is 5.32 Å². The lowest BCUT2D eigenvalue weighted by Gasteiger charge is -2.12. The van der Waals surface area contributed by atoms with Crippen LogP contribution in [0.2, 0.25) is 0 Å². The molecular weight excluding hydrogens is 338 g/mol. The molecule has 0 aromatic heterocycles. The smallest absolute Gasteiger partial charge is 0.243 e. The summed E-state index contributed by atoms with van der Waals surface area (Å²) < 4.78 is 0. The molecule has 2 aromatic rings. The lowest BCUT2D eigenvalue weighted by Crippen LogP contribution is -2.34. The summed E-state index contributed by atoms with van der Waals surface area (Å²) in [5.41, 5.74) is 8.77. The molecule has 0 bridgehead atoms. The number of nitrogens with two attached hydrogens (primary N) is 1. The van der Waals surface area contributed by atoms with Crippen molar-refractivity contribution in [2.24, 2.45) is 5.73 Å². The lowest BCUT2D eigenvalue weighted by atomic mass is 10.0. The minimum Gasteiger partial charge on any atom is -0.347 e. The van der Waals surface area contributed by atoms with Crippen LogP contribution >= 0.6 is 12.4 Å². The Morgan fingerprint density at radius 1 is 1.04 bits per heavy atom. The van der Waals surface area contributed by atoms with Gasteiger partial charge in [-0.2, -0.15) is 0 Å². The molecule has 2 rings (SSSR count). The molecule has 0 aliphatic carbocycles. The summed E-state index contributed by atoms with van der Waals surface area (Å²) in [6, 6.07) is 16.7. The Morgan fingerprint density at radius 3 is 2.44 bits per heavy atom. The first-order valence-electron chi connectivity index (χ1n) is 8.04. The highest BCUT2D eigenvalue weighted by Crippen LogP contribution is 2.13. The van der Waals surface area contributed by atoms with E-state index >= 15 is 0 Å². The topological polar surface area (TPSA) is 84.2 Å². The van der Waals surface area contributed by atoms with E-state index in [-0.39, 0.29) is 43.2 Å². The van der Waals surface area contributed by atoms with Gasteiger partial charge in [-0.05, 0) is 29.7 Å². The zero-order valence-electron chi connectivity index (χ0n) is 14.2. The third-order valence-electron chi connectivity index (χ3n) is 3.70. The Kier molecular flexibility index (Phi) is 8.67. The van der Waals surface area contributed by atoms with Crippen LogP contribution in [-0.4, -0.2) is 18.4 Å². The van der Waals surface area contributed by atoms with Gasteiger partial charge in [0.15, 0.2) is 0 Å². The second-order valence-electron chi connectivity index (χ2n) is 5.60. The highest BCUT2D eigenvalue weighted by molar-refractivity contribution is 5.94. The highest BCUT2D eigenvalue weighted by Gasteiger charge is 2.12. The normalized spacial score (nSPS) is 11.1. The van der Waals surface area contributed by atoms with Crippen molar-refractivity contribution in [3.8, 4) is 0 Å². The fraction of sp³-hybridized carbons (Fsp3) is 0.263. The van der Waals surface area contributed by atoms with Crippen molar-refractivity contribution >= 4 is 29.9 Å². The standard InChI is InChI=1S/C19H23N3O2.ClH/c1-2-14-7-6-10-16(11-14)22-19(24)13-21-18(23)12-17(20)15-8-4-3-5-9-15;/h3-11,17H,2,12-13,20H2,1H3,(H,21,23)(H,22,24);1H. The molecule has 5 nitrogen and oxygen atoms in total. The van der Waals surface area contributed by atoms with E-state index in [0.717, 1.165) is 23.2 Å². The number of hydrogen-bond donors (Lipinski definition) is 3. The predicted molar refractivity (Wildman–Crippen MR) is 103 cm³/mol. The van der Waals surface area contributed by atoms with E-state index in [4.69, 9.17) is 5.73 Å². The van der Waals surface area contributed by atoms with Crippen molar-refractivity contribution in [2.45, 2.75) is 25.8 Å². The summed E-state index contributed by atoms with van der Waals surface area (Å²) >= 11 is 0. The van der Waals surface area contributed by atoms with Crippen LogP contribution in [0.5, 0.6) is 0 Å². The average Bonchev–Trinajstić information content (AvgIpc) is 2.61. The maximum Gasteiger partial charge on any atom is 0.243 e. The molecule has 0 heterocycles. The molecule has 0 saturated heterocycles. The molecule has 0 aliphatic heterocycles. The van der Waals surface area contributed by atoms with Gasteiger partial charge in [-0.25, -0.2) is 0 Å². The second-order valence-corrected chi connectivity index (χ2v) is 5.60. The molecule has 6 heteroatoms. The van der Waals surface area contributed by atoms with Gasteiger partial charge in [-0.1, -0.05) is 49.4 Å². The number of benzene rings is 2. The first-order valence-corrected chi connectivity index (χ1v) is 8.04. The van der Waals surface area contributed by atoms with Crippen molar-refractivity contribution < 1.29 is 9.59 Å². The molecule has 0 aliphatic rings. The van der Waals surface area contributed by atoms with E-state index in [0.29, 0.717) is 0 Å². The summed E-state index contributed by atoms with van der Waals surface area (Å²) in [5, 5.41) is 5.37. The van der Waals surface area contributed by atoms with Gasteiger partial charge >= 0.3 is 0 Å². The first kappa shape index (κ1) is 20.7. The average molecular weight is 362 g/mol. The largest absolute Gasteiger partial charge is 0.347 e. The van der Waals surface area contributed by atoms with Crippen LogP contribution in [0, 0.1) is 0 Å². The van der Waals surface area contributed by atoms with E-state index in [1.54, 1.807) is 0 Å². The van der Waals surface area contributed by atoms with E-state index in [2.05, 4.69) is 17.6 Å². The molecule has 0 spiro atoms. The number of nitrogens with one attached hydrogen (secondary N) is 2. The molecule has 25 heavy (non-hydrogen) atoms. The Morgan fingerprint density at radius 2 is 1.76 bits per heavy atom. The second kappa shape index (κ2) is 10.5. The van der Waals surface area contributed by atoms with Crippen LogP contribution < -0.4 is 16.4 Å². The van der Waals surface area contributed by atoms with Crippen LogP contribution in [0.25, 0.3) is 0 Å². The van der Waals surface area contributed by atoms with Gasteiger partial charge in [0.05, 0.1) is 6.54 Å². The van der Waals surface area contributed by atoms with Gasteiger partial charge in [-0.15, -0.1) is 12.4 Å². The summed E-state index contributed by atoms with van der Waals surface area (Å²) in [6.07, 6.45) is 1.04. The first-order chi connectivity index (χ1) is 11.6. The van der Waals surface area contributed by atoms with Crippen LogP contribution in [0.3, 0.4) is 0 Å². The lowest BCUT2D eigenvalue weighted by molar-refractivity contribution is -0.124. The minimum absolute atomic E-state index is 0. The molecule has 1 atom stereocenters. The number of hydrogen-bond acceptors (Lipinski definition) is 3. The van der Waals surface area contributed by atoms with Gasteiger partial charge in [0.2, 0.25) is 11.8 Å². The maximum atomic E-state index is 11.9. The highest BCUT2D eigenvalue weighted by atomic mass is 35.5. The van der Waals surface area contributed by atoms with E-state index in [1.807, 2.05) is 54.6 Å². The Labute approximate surface area is 154 Å². The minimum atomic E-state index is -0.379. The fourth-order valence-corrected chi connectivity index (χ4v) is 2.34.